The van der Waals surface area contributed by atoms with Crippen molar-refractivity contribution in [2.75, 3.05) is 28.4 Å². The number of carboxylic acid groups (broad SMARTS) is 4. The van der Waals surface area contributed by atoms with E-state index < -0.39 is 47.5 Å². The summed E-state index contributed by atoms with van der Waals surface area (Å²) in [6, 6.07) is 36.0. The molecular formula is C60H48O16. The van der Waals surface area contributed by atoms with Crippen LogP contribution in [0, 0.1) is 0 Å². The number of ether oxygens (including phenoxy) is 4. The van der Waals surface area contributed by atoms with Gasteiger partial charge in [-0.25, -0.2) is 19.2 Å². The molecule has 8 aromatic carbocycles. The maximum atomic E-state index is 12.4. The highest BCUT2D eigenvalue weighted by Crippen LogP contribution is 2.54. The van der Waals surface area contributed by atoms with Gasteiger partial charge in [0.25, 0.3) is 0 Å². The van der Waals surface area contributed by atoms with E-state index in [0.717, 1.165) is 0 Å². The molecule has 8 bridgehead atoms. The Morgan fingerprint density at radius 1 is 0.289 bits per heavy atom. The van der Waals surface area contributed by atoms with Crippen LogP contribution < -0.4 is 18.9 Å². The van der Waals surface area contributed by atoms with Crippen LogP contribution in [0.5, 0.6) is 46.0 Å². The summed E-state index contributed by atoms with van der Waals surface area (Å²) in [4.78, 5) is 49.0. The molecule has 1 aliphatic carbocycles. The Morgan fingerprint density at radius 2 is 0.461 bits per heavy atom. The molecule has 9 rings (SSSR count). The van der Waals surface area contributed by atoms with E-state index in [9.17, 15) is 60.0 Å². The van der Waals surface area contributed by atoms with Crippen molar-refractivity contribution < 1.29 is 79.0 Å². The van der Waals surface area contributed by atoms with E-state index in [1.54, 1.807) is 72.8 Å². The summed E-state index contributed by atoms with van der Waals surface area (Å²) in [5.74, 6) is -9.83. The van der Waals surface area contributed by atoms with Crippen molar-refractivity contribution in [1.29, 1.82) is 0 Å². The Hall–Kier alpha value is -9.96. The quantitative estimate of drug-likeness (QED) is 0.0565. The van der Waals surface area contributed by atoms with Crippen LogP contribution >= 0.6 is 0 Å². The summed E-state index contributed by atoms with van der Waals surface area (Å²) >= 11 is 0. The minimum Gasteiger partial charge on any atom is -0.507 e. The average molecular weight is 1030 g/mol. The summed E-state index contributed by atoms with van der Waals surface area (Å²) in [6.07, 6.45) is 0. The highest BCUT2D eigenvalue weighted by Gasteiger charge is 2.36. The van der Waals surface area contributed by atoms with Gasteiger partial charge in [0.15, 0.2) is 0 Å². The zero-order valence-electron chi connectivity index (χ0n) is 41.0. The molecule has 1 aliphatic rings. The molecule has 8 aromatic rings. The smallest absolute Gasteiger partial charge is 0.335 e. The number of hydrogen-bond acceptors (Lipinski definition) is 12. The van der Waals surface area contributed by atoms with Crippen molar-refractivity contribution in [3.05, 3.63) is 235 Å². The van der Waals surface area contributed by atoms with E-state index in [0.29, 0.717) is 44.5 Å². The topological polar surface area (TPSA) is 267 Å². The Balaban J connectivity index is 1.51. The number of rotatable bonds is 12. The standard InChI is InChI=1S/C60H48O16/c1-73-49-25-45(61)37-21-41(49)53(29-5-13-33(14-6-29)57(65)66)38-22-42(50(74-2)26-46(38)62)55(31-9-17-35(18-10-31)59(69)70)40-24-44(52(76-4)28-48(40)64)56(32-11-19-36(20-12-32)60(71)72)39-23-43(51(75-3)27-47(39)63)54(37)30-7-15-34(16-8-30)58(67)68/h5-28,53-56,61-64H,1-4H3,(H,65,66)(H,67,68)(H,69,70)(H,71,72). The van der Waals surface area contributed by atoms with Crippen molar-refractivity contribution in [3.63, 3.8) is 0 Å². The first kappa shape index (κ1) is 51.0. The third-order valence-corrected chi connectivity index (χ3v) is 14.0. The number of aromatic hydroxyl groups is 4. The molecule has 16 nitrogen and oxygen atoms in total. The van der Waals surface area contributed by atoms with Gasteiger partial charge in [-0.1, -0.05) is 48.5 Å². The third kappa shape index (κ3) is 9.23. The molecule has 0 radical (unpaired) electrons. The Bertz CT molecular complexity index is 3110. The lowest BCUT2D eigenvalue weighted by Gasteiger charge is -2.31. The minimum atomic E-state index is -1.20. The van der Waals surface area contributed by atoms with Gasteiger partial charge < -0.3 is 59.8 Å². The molecule has 0 aliphatic heterocycles. The van der Waals surface area contributed by atoms with Crippen LogP contribution in [0.1, 0.15) is 132 Å². The maximum absolute atomic E-state index is 12.4. The van der Waals surface area contributed by atoms with Crippen molar-refractivity contribution in [2.24, 2.45) is 0 Å². The van der Waals surface area contributed by atoms with Gasteiger partial charge in [-0.05, 0) is 95.1 Å². The van der Waals surface area contributed by atoms with E-state index in [4.69, 9.17) is 18.9 Å². The first-order valence-electron chi connectivity index (χ1n) is 23.4. The normalized spacial score (nSPS) is 15.7. The molecule has 0 spiro atoms. The van der Waals surface area contributed by atoms with Gasteiger partial charge in [0.1, 0.15) is 46.0 Å². The van der Waals surface area contributed by atoms with E-state index in [1.807, 2.05) is 0 Å². The van der Waals surface area contributed by atoms with Crippen molar-refractivity contribution in [1.82, 2.24) is 0 Å². The number of phenols is 4. The van der Waals surface area contributed by atoms with Gasteiger partial charge in [0.05, 0.1) is 50.7 Å². The number of carbonyl (C=O) groups is 4. The summed E-state index contributed by atoms with van der Waals surface area (Å²) in [7, 11) is 5.54. The monoisotopic (exact) mass is 1020 g/mol. The van der Waals surface area contributed by atoms with Crippen LogP contribution in [-0.2, 0) is 0 Å². The summed E-state index contributed by atoms with van der Waals surface area (Å²) in [6.45, 7) is 0. The second kappa shape index (κ2) is 20.5. The third-order valence-electron chi connectivity index (χ3n) is 14.0. The van der Waals surface area contributed by atoms with Crippen LogP contribution in [0.4, 0.5) is 0 Å². The molecule has 0 saturated carbocycles. The van der Waals surface area contributed by atoms with E-state index >= 15 is 0 Å². The van der Waals surface area contributed by atoms with Crippen molar-refractivity contribution in [3.8, 4) is 46.0 Å². The number of hydrogen-bond donors (Lipinski definition) is 8. The van der Waals surface area contributed by atoms with Crippen LogP contribution in [-0.4, -0.2) is 93.2 Å². The molecule has 0 heterocycles. The fourth-order valence-electron chi connectivity index (χ4n) is 10.3. The first-order valence-corrected chi connectivity index (χ1v) is 23.4. The van der Waals surface area contributed by atoms with Gasteiger partial charge in [-0.2, -0.15) is 0 Å². The van der Waals surface area contributed by atoms with Crippen LogP contribution in [0.3, 0.4) is 0 Å². The highest BCUT2D eigenvalue weighted by molar-refractivity contribution is 5.89. The van der Waals surface area contributed by atoms with Crippen molar-refractivity contribution >= 4 is 23.9 Å². The van der Waals surface area contributed by atoms with Gasteiger partial charge in [0.2, 0.25) is 0 Å². The number of carboxylic acids is 4. The number of methoxy groups -OCH3 is 4. The van der Waals surface area contributed by atoms with E-state index in [1.165, 1.54) is 101 Å². The van der Waals surface area contributed by atoms with Gasteiger partial charge >= 0.3 is 23.9 Å². The summed E-state index contributed by atoms with van der Waals surface area (Å²) in [5.41, 5.74) is 3.70. The minimum absolute atomic E-state index is 0.0400. The number of benzene rings is 8. The largest absolute Gasteiger partial charge is 0.507 e. The predicted molar refractivity (Wildman–Crippen MR) is 276 cm³/mol. The van der Waals surface area contributed by atoms with Crippen LogP contribution in [0.2, 0.25) is 0 Å². The lowest BCUT2D eigenvalue weighted by Crippen LogP contribution is -2.15. The van der Waals surface area contributed by atoms with E-state index in [2.05, 4.69) is 0 Å². The first-order chi connectivity index (χ1) is 36.5. The Kier molecular flexibility index (Phi) is 13.8. The number of phenolic OH excluding ortho intramolecular Hbond substituents is 4. The maximum Gasteiger partial charge on any atom is 0.335 e. The number of aromatic carboxylic acids is 4. The zero-order chi connectivity index (χ0) is 54.3. The molecule has 0 saturated heterocycles. The molecule has 384 valence electrons. The lowest BCUT2D eigenvalue weighted by molar-refractivity contribution is 0.0686. The second-order valence-corrected chi connectivity index (χ2v) is 18.1. The molecule has 4 unspecified atom stereocenters. The number of fused-ring (bicyclic) bond motifs is 8. The van der Waals surface area contributed by atoms with Crippen molar-refractivity contribution in [2.45, 2.75) is 23.7 Å². The van der Waals surface area contributed by atoms with Crippen LogP contribution in [0.25, 0.3) is 0 Å². The summed E-state index contributed by atoms with van der Waals surface area (Å²) < 4.78 is 24.1. The molecule has 16 heteroatoms. The van der Waals surface area contributed by atoms with Gasteiger partial charge in [0, 0.05) is 92.4 Å². The predicted octanol–water partition coefficient (Wildman–Crippen LogP) is 10.4. The molecule has 0 fully saturated rings. The molecule has 0 aromatic heterocycles. The Labute approximate surface area is 434 Å². The zero-order valence-corrected chi connectivity index (χ0v) is 41.0. The second-order valence-electron chi connectivity index (χ2n) is 18.1. The van der Waals surface area contributed by atoms with E-state index in [-0.39, 0.29) is 90.5 Å². The SMILES string of the molecule is COc1cc(O)c2cc1C(c1ccc(C(=O)O)cc1)c1cc(c(OC)cc1O)C(c1ccc(C(=O)O)cc1)c1cc(c(OC)cc1O)C(c1ccc(C(=O)O)cc1)c1cc(c(OC)cc1O)C2c1ccc(C(=O)O)cc1. The molecule has 0 amide bonds. The summed E-state index contributed by atoms with van der Waals surface area (Å²) in [5, 5.41) is 89.5. The van der Waals surface area contributed by atoms with Gasteiger partial charge in [-0.15, -0.1) is 0 Å². The fourth-order valence-corrected chi connectivity index (χ4v) is 10.3. The molecular weight excluding hydrogens is 977 g/mol. The average Bonchev–Trinajstić information content (AvgIpc) is 3.46. The lowest BCUT2D eigenvalue weighted by atomic mass is 9.75. The Morgan fingerprint density at radius 3 is 0.605 bits per heavy atom. The fraction of sp³-hybridized carbons (Fsp3) is 0.133. The van der Waals surface area contributed by atoms with Gasteiger partial charge in [-0.3, -0.25) is 0 Å². The molecule has 76 heavy (non-hydrogen) atoms. The highest BCUT2D eigenvalue weighted by atomic mass is 16.5. The molecule has 4 atom stereocenters. The molecule has 8 N–H and O–H groups in total. The van der Waals surface area contributed by atoms with Crippen LogP contribution in [0.15, 0.2) is 146 Å².